The van der Waals surface area contributed by atoms with E-state index in [0.717, 1.165) is 27.0 Å². The number of nitrogens with one attached hydrogen (secondary N) is 1. The molecule has 0 fully saturated rings. The lowest BCUT2D eigenvalue weighted by molar-refractivity contribution is 0.109. The number of carbonyl (C=O) groups is 1. The molecule has 120 valence electrons. The maximum Gasteiger partial charge on any atom is 0.226 e. The van der Waals surface area contributed by atoms with E-state index in [1.54, 1.807) is 0 Å². The Morgan fingerprint density at radius 3 is 2.74 bits per heavy atom. The van der Waals surface area contributed by atoms with Crippen molar-refractivity contribution < 1.29 is 4.79 Å². The van der Waals surface area contributed by atoms with Gasteiger partial charge in [0.05, 0.1) is 21.3 Å². The van der Waals surface area contributed by atoms with Crippen molar-refractivity contribution in [3.63, 3.8) is 0 Å². The Labute approximate surface area is 162 Å². The summed E-state index contributed by atoms with van der Waals surface area (Å²) >= 11 is 12.9. The van der Waals surface area contributed by atoms with Crippen LogP contribution in [0.2, 0.25) is 5.02 Å². The minimum atomic E-state index is -0.219. The summed E-state index contributed by atoms with van der Waals surface area (Å²) in [4.78, 5) is 17.6. The molecule has 0 bridgehead atoms. The number of thiophene rings is 1. The molecule has 3 nitrogen and oxygen atoms in total. The molecule has 3 rings (SSSR count). The fourth-order valence-corrected chi connectivity index (χ4v) is 3.95. The second kappa shape index (κ2) is 7.81. The lowest BCUT2D eigenvalue weighted by atomic mass is 10.2. The zero-order chi connectivity index (χ0) is 15.7. The van der Waals surface area contributed by atoms with Crippen molar-refractivity contribution in [1.29, 1.82) is 0 Å². The van der Waals surface area contributed by atoms with E-state index in [1.807, 2.05) is 42.6 Å². The minimum Gasteiger partial charge on any atom is -0.330 e. The van der Waals surface area contributed by atoms with Gasteiger partial charge >= 0.3 is 0 Å². The van der Waals surface area contributed by atoms with Crippen LogP contribution in [-0.4, -0.2) is 10.1 Å². The fraction of sp³-hybridized carbons (Fsp3) is 0.0667. The van der Waals surface area contributed by atoms with E-state index in [0.29, 0.717) is 9.90 Å². The molecule has 0 radical (unpaired) electrons. The maximum atomic E-state index is 11.4. The maximum absolute atomic E-state index is 11.4. The van der Waals surface area contributed by atoms with Gasteiger partial charge in [0.1, 0.15) is 0 Å². The largest absolute Gasteiger partial charge is 0.330 e. The highest BCUT2D eigenvalue weighted by Crippen LogP contribution is 2.35. The molecular formula is C15H12BrClN2OS3. The number of benzene rings is 1. The first-order valence-corrected chi connectivity index (χ1v) is 8.88. The Kier molecular flexibility index (Phi) is 6.27. The van der Waals surface area contributed by atoms with Gasteiger partial charge in [-0.2, -0.15) is 0 Å². The van der Waals surface area contributed by atoms with Gasteiger partial charge in [-0.05, 0) is 25.1 Å². The standard InChI is InChI=1S/C15H11ClN2OS3.BrH/c1-8-9(6-13(22-8)14(19)20)12-7-21-15(18-12)17-11-5-3-2-4-10(11)16;/h2-7H,1H3,(H,17,18)(H,19,20);1H. The van der Waals surface area contributed by atoms with E-state index in [2.05, 4.69) is 22.9 Å². The number of aromatic nitrogens is 1. The van der Waals surface area contributed by atoms with E-state index in [-0.39, 0.29) is 22.1 Å². The predicted octanol–water partition coefficient (Wildman–Crippen LogP) is 6.22. The Balaban J connectivity index is 0.00000192. The van der Waals surface area contributed by atoms with Crippen LogP contribution in [0.3, 0.4) is 0 Å². The number of anilines is 2. The lowest BCUT2D eigenvalue weighted by Crippen LogP contribution is -1.90. The molecule has 0 aliphatic carbocycles. The van der Waals surface area contributed by atoms with Gasteiger partial charge in [-0.25, -0.2) is 4.98 Å². The number of halogens is 2. The number of nitrogens with zero attached hydrogens (tertiary/aromatic N) is 1. The quantitative estimate of drug-likeness (QED) is 0.466. The number of aryl methyl sites for hydroxylation is 1. The van der Waals surface area contributed by atoms with E-state index in [4.69, 9.17) is 11.6 Å². The Morgan fingerprint density at radius 1 is 1.35 bits per heavy atom. The number of thiazole rings is 1. The lowest BCUT2D eigenvalue weighted by Gasteiger charge is -2.03. The Hall–Kier alpha value is -0.860. The second-order valence-electron chi connectivity index (χ2n) is 4.53. The van der Waals surface area contributed by atoms with Crippen LogP contribution in [0, 0.1) is 6.92 Å². The molecule has 0 saturated carbocycles. The van der Waals surface area contributed by atoms with E-state index in [1.165, 1.54) is 22.7 Å². The molecule has 1 aromatic carbocycles. The number of hydrogen-bond donors (Lipinski definition) is 2. The summed E-state index contributed by atoms with van der Waals surface area (Å²) in [6.45, 7) is 1.97. The van der Waals surface area contributed by atoms with Gasteiger partial charge in [-0.1, -0.05) is 36.4 Å². The van der Waals surface area contributed by atoms with Crippen LogP contribution in [0.4, 0.5) is 10.8 Å². The number of para-hydroxylation sites is 1. The topological polar surface area (TPSA) is 42.0 Å². The highest BCUT2D eigenvalue weighted by Gasteiger charge is 2.14. The second-order valence-corrected chi connectivity index (χ2v) is 7.46. The van der Waals surface area contributed by atoms with Gasteiger partial charge in [0.2, 0.25) is 5.12 Å². The van der Waals surface area contributed by atoms with Crippen LogP contribution in [0.5, 0.6) is 0 Å². The minimum absolute atomic E-state index is 0. The first kappa shape index (κ1) is 18.5. The predicted molar refractivity (Wildman–Crippen MR) is 109 cm³/mol. The zero-order valence-electron chi connectivity index (χ0n) is 11.9. The summed E-state index contributed by atoms with van der Waals surface area (Å²) in [6.07, 6.45) is 0. The van der Waals surface area contributed by atoms with E-state index >= 15 is 0 Å². The van der Waals surface area contributed by atoms with Crippen molar-refractivity contribution in [2.75, 3.05) is 5.32 Å². The monoisotopic (exact) mass is 446 g/mol. The van der Waals surface area contributed by atoms with Crippen LogP contribution in [-0.2, 0) is 0 Å². The normalized spacial score (nSPS) is 10.2. The summed E-state index contributed by atoms with van der Waals surface area (Å²) in [5.41, 5.74) is 2.62. The molecule has 8 heteroatoms. The molecule has 0 unspecified atom stereocenters. The average molecular weight is 448 g/mol. The third-order valence-corrected chi connectivity index (χ3v) is 5.55. The fourth-order valence-electron chi connectivity index (χ4n) is 1.97. The smallest absolute Gasteiger partial charge is 0.226 e. The number of thiol groups is 1. The van der Waals surface area contributed by atoms with Crippen molar-refractivity contribution in [2.24, 2.45) is 0 Å². The van der Waals surface area contributed by atoms with E-state index in [9.17, 15) is 4.79 Å². The molecular weight excluding hydrogens is 436 g/mol. The van der Waals surface area contributed by atoms with Crippen molar-refractivity contribution in [3.8, 4) is 11.3 Å². The third-order valence-electron chi connectivity index (χ3n) is 3.02. The summed E-state index contributed by atoms with van der Waals surface area (Å²) in [5.74, 6) is 0. The molecule has 0 aliphatic heterocycles. The van der Waals surface area contributed by atoms with Crippen LogP contribution in [0.15, 0.2) is 35.7 Å². The molecule has 0 saturated heterocycles. The Morgan fingerprint density at radius 2 is 2.09 bits per heavy atom. The summed E-state index contributed by atoms with van der Waals surface area (Å²) in [6, 6.07) is 9.36. The summed E-state index contributed by atoms with van der Waals surface area (Å²) in [7, 11) is 0. The van der Waals surface area contributed by atoms with Crippen molar-refractivity contribution >= 4 is 79.8 Å². The third kappa shape index (κ3) is 4.16. The van der Waals surface area contributed by atoms with E-state index < -0.39 is 0 Å². The van der Waals surface area contributed by atoms with Gasteiger partial charge in [0, 0.05) is 15.8 Å². The summed E-state index contributed by atoms with van der Waals surface area (Å²) in [5, 5.41) is 6.35. The number of rotatable bonds is 4. The van der Waals surface area contributed by atoms with Gasteiger partial charge in [0.15, 0.2) is 5.13 Å². The molecule has 0 aliphatic rings. The van der Waals surface area contributed by atoms with Crippen LogP contribution < -0.4 is 5.32 Å². The highest BCUT2D eigenvalue weighted by molar-refractivity contribution is 8.93. The first-order chi connectivity index (χ1) is 10.5. The van der Waals surface area contributed by atoms with Gasteiger partial charge in [0.25, 0.3) is 0 Å². The molecule has 2 heterocycles. The SMILES string of the molecule is Br.Cc1sc(C(=O)S)cc1-c1csc(Nc2ccccc2Cl)n1. The van der Waals surface area contributed by atoms with Crippen LogP contribution >= 0.6 is 63.9 Å². The number of carbonyl (C=O) groups excluding carboxylic acids is 1. The molecule has 0 spiro atoms. The first-order valence-electron chi connectivity index (χ1n) is 6.36. The number of hydrogen-bond acceptors (Lipinski definition) is 5. The molecule has 0 amide bonds. The van der Waals surface area contributed by atoms with Gasteiger partial charge in [-0.15, -0.1) is 39.7 Å². The van der Waals surface area contributed by atoms with Crippen molar-refractivity contribution in [2.45, 2.75) is 6.92 Å². The zero-order valence-corrected chi connectivity index (χ0v) is 16.9. The van der Waals surface area contributed by atoms with Crippen molar-refractivity contribution in [3.05, 3.63) is 50.5 Å². The van der Waals surface area contributed by atoms with Gasteiger partial charge in [-0.3, -0.25) is 4.79 Å². The average Bonchev–Trinajstić information content (AvgIpc) is 3.08. The highest BCUT2D eigenvalue weighted by atomic mass is 79.9. The van der Waals surface area contributed by atoms with Crippen LogP contribution in [0.1, 0.15) is 14.5 Å². The summed E-state index contributed by atoms with van der Waals surface area (Å²) < 4.78 is 0. The molecule has 2 aromatic heterocycles. The molecule has 23 heavy (non-hydrogen) atoms. The molecule has 1 N–H and O–H groups in total. The van der Waals surface area contributed by atoms with Crippen molar-refractivity contribution in [1.82, 2.24) is 4.98 Å². The van der Waals surface area contributed by atoms with Gasteiger partial charge < -0.3 is 5.32 Å². The Bertz CT molecular complexity index is 847. The molecule has 3 aromatic rings. The van der Waals surface area contributed by atoms with Crippen LogP contribution in [0.25, 0.3) is 11.3 Å². The molecule has 0 atom stereocenters.